The van der Waals surface area contributed by atoms with Crippen LogP contribution < -0.4 is 5.32 Å². The van der Waals surface area contributed by atoms with Gasteiger partial charge in [-0.05, 0) is 36.8 Å². The predicted octanol–water partition coefficient (Wildman–Crippen LogP) is 4.50. The molecule has 0 radical (unpaired) electrons. The van der Waals surface area contributed by atoms with Gasteiger partial charge in [-0.25, -0.2) is 0 Å². The van der Waals surface area contributed by atoms with Crippen LogP contribution in [0.25, 0.3) is 21.9 Å². The van der Waals surface area contributed by atoms with Gasteiger partial charge in [0.2, 0.25) is 0 Å². The Morgan fingerprint density at radius 2 is 2.21 bits per heavy atom. The maximum atomic E-state index is 6.31. The molecule has 0 fully saturated rings. The van der Waals surface area contributed by atoms with E-state index in [1.54, 1.807) is 6.20 Å². The third-order valence-corrected chi connectivity index (χ3v) is 4.29. The summed E-state index contributed by atoms with van der Waals surface area (Å²) in [6.45, 7) is 3.04. The van der Waals surface area contributed by atoms with Crippen molar-refractivity contribution in [3.63, 3.8) is 0 Å². The first-order valence-electron chi connectivity index (χ1n) is 7.98. The maximum absolute atomic E-state index is 6.31. The molecule has 122 valence electrons. The summed E-state index contributed by atoms with van der Waals surface area (Å²) in [7, 11) is 0. The van der Waals surface area contributed by atoms with Gasteiger partial charge in [0.25, 0.3) is 0 Å². The fourth-order valence-corrected chi connectivity index (χ4v) is 3.02. The predicted molar refractivity (Wildman–Crippen MR) is 96.8 cm³/mol. The molecular formula is C17H17ClN6. The Labute approximate surface area is 143 Å². The second-order valence-electron chi connectivity index (χ2n) is 5.70. The zero-order chi connectivity index (χ0) is 16.5. The van der Waals surface area contributed by atoms with Crippen molar-refractivity contribution in [2.75, 3.05) is 5.32 Å². The van der Waals surface area contributed by atoms with Crippen LogP contribution in [0.5, 0.6) is 0 Å². The molecule has 6 nitrogen and oxygen atoms in total. The number of anilines is 2. The van der Waals surface area contributed by atoms with E-state index in [9.17, 15) is 0 Å². The first kappa shape index (κ1) is 15.0. The van der Waals surface area contributed by atoms with Crippen LogP contribution in [0.2, 0.25) is 5.15 Å². The molecule has 0 bridgehead atoms. The quantitative estimate of drug-likeness (QED) is 0.561. The minimum absolute atomic E-state index is 0.523. The van der Waals surface area contributed by atoms with E-state index in [2.05, 4.69) is 32.5 Å². The number of aryl methyl sites for hydroxylation is 1. The number of hydrogen-bond donors (Lipinski definition) is 2. The third-order valence-electron chi connectivity index (χ3n) is 4.01. The fraction of sp³-hybridized carbons (Fsp3) is 0.235. The molecule has 0 atom stereocenters. The smallest absolute Gasteiger partial charge is 0.178 e. The number of hydrogen-bond acceptors (Lipinski definition) is 4. The second kappa shape index (κ2) is 6.13. The van der Waals surface area contributed by atoms with Crippen LogP contribution in [0.3, 0.4) is 0 Å². The Morgan fingerprint density at radius 1 is 1.29 bits per heavy atom. The second-order valence-corrected chi connectivity index (χ2v) is 6.05. The molecule has 1 aromatic carbocycles. The number of rotatable bonds is 5. The average Bonchev–Trinajstić information content (AvgIpc) is 3.15. The number of H-pyrrole nitrogens is 1. The van der Waals surface area contributed by atoms with Crippen LogP contribution in [-0.4, -0.2) is 25.0 Å². The lowest BCUT2D eigenvalue weighted by atomic mass is 10.2. The number of aromatic amines is 1. The number of pyridine rings is 1. The molecule has 0 saturated carbocycles. The van der Waals surface area contributed by atoms with Crippen molar-refractivity contribution < 1.29 is 0 Å². The highest BCUT2D eigenvalue weighted by molar-refractivity contribution is 6.34. The van der Waals surface area contributed by atoms with E-state index in [0.29, 0.717) is 11.0 Å². The van der Waals surface area contributed by atoms with E-state index < -0.39 is 0 Å². The molecule has 3 aromatic heterocycles. The van der Waals surface area contributed by atoms with Gasteiger partial charge in [0.1, 0.15) is 5.52 Å². The summed E-state index contributed by atoms with van der Waals surface area (Å²) in [5.74, 6) is 0.694. The number of nitrogens with one attached hydrogen (secondary N) is 2. The minimum atomic E-state index is 0.523. The van der Waals surface area contributed by atoms with Gasteiger partial charge in [0.05, 0.1) is 11.0 Å². The number of nitrogens with zero attached hydrogens (tertiary/aromatic N) is 4. The van der Waals surface area contributed by atoms with Crippen molar-refractivity contribution in [3.8, 4) is 0 Å². The van der Waals surface area contributed by atoms with Crippen LogP contribution in [0.15, 0.2) is 36.5 Å². The van der Waals surface area contributed by atoms with Gasteiger partial charge in [-0.2, -0.15) is 10.2 Å². The largest absolute Gasteiger partial charge is 0.337 e. The Bertz CT molecular complexity index is 1000. The van der Waals surface area contributed by atoms with E-state index in [-0.39, 0.29) is 0 Å². The highest BCUT2D eigenvalue weighted by atomic mass is 35.5. The topological polar surface area (TPSA) is 71.4 Å². The zero-order valence-corrected chi connectivity index (χ0v) is 14.0. The normalized spacial score (nSPS) is 11.4. The van der Waals surface area contributed by atoms with E-state index in [1.807, 2.05) is 35.0 Å². The SMILES string of the molecule is CCCCn1nc(Cl)c2cc(Nc3n[nH]c4cccnc34)ccc21. The Morgan fingerprint density at radius 3 is 3.08 bits per heavy atom. The van der Waals surface area contributed by atoms with E-state index >= 15 is 0 Å². The molecule has 24 heavy (non-hydrogen) atoms. The highest BCUT2D eigenvalue weighted by Gasteiger charge is 2.11. The summed E-state index contributed by atoms with van der Waals surface area (Å²) < 4.78 is 1.97. The maximum Gasteiger partial charge on any atom is 0.178 e. The van der Waals surface area contributed by atoms with Gasteiger partial charge in [-0.1, -0.05) is 24.9 Å². The highest BCUT2D eigenvalue weighted by Crippen LogP contribution is 2.29. The van der Waals surface area contributed by atoms with Gasteiger partial charge in [-0.3, -0.25) is 14.8 Å². The lowest BCUT2D eigenvalue weighted by Gasteiger charge is -2.05. The van der Waals surface area contributed by atoms with Gasteiger partial charge in [0, 0.05) is 23.8 Å². The van der Waals surface area contributed by atoms with Crippen LogP contribution in [0.4, 0.5) is 11.5 Å². The van der Waals surface area contributed by atoms with Crippen molar-refractivity contribution in [1.82, 2.24) is 25.0 Å². The Hall–Kier alpha value is -2.60. The first-order chi connectivity index (χ1) is 11.8. The van der Waals surface area contributed by atoms with Crippen LogP contribution in [0, 0.1) is 0 Å². The van der Waals surface area contributed by atoms with Crippen LogP contribution >= 0.6 is 11.6 Å². The minimum Gasteiger partial charge on any atom is -0.337 e. The lowest BCUT2D eigenvalue weighted by molar-refractivity contribution is 0.588. The van der Waals surface area contributed by atoms with Gasteiger partial charge < -0.3 is 5.32 Å². The van der Waals surface area contributed by atoms with E-state index in [0.717, 1.165) is 47.0 Å². The molecule has 0 amide bonds. The number of unbranched alkanes of at least 4 members (excludes halogenated alkanes) is 1. The third kappa shape index (κ3) is 2.59. The van der Waals surface area contributed by atoms with Crippen molar-refractivity contribution in [2.45, 2.75) is 26.3 Å². The number of fused-ring (bicyclic) bond motifs is 2. The molecule has 0 unspecified atom stereocenters. The summed E-state index contributed by atoms with van der Waals surface area (Å²) in [6, 6.07) is 9.86. The van der Waals surface area contributed by atoms with Crippen molar-refractivity contribution >= 4 is 45.0 Å². The Kier molecular flexibility index (Phi) is 3.82. The monoisotopic (exact) mass is 340 g/mol. The van der Waals surface area contributed by atoms with Crippen molar-refractivity contribution in [2.24, 2.45) is 0 Å². The molecule has 0 aliphatic heterocycles. The average molecular weight is 341 g/mol. The van der Waals surface area contributed by atoms with Crippen LogP contribution in [-0.2, 0) is 6.54 Å². The summed E-state index contributed by atoms with van der Waals surface area (Å²) in [5.41, 5.74) is 3.65. The fourth-order valence-electron chi connectivity index (χ4n) is 2.77. The number of aromatic nitrogens is 5. The summed E-state index contributed by atoms with van der Waals surface area (Å²) in [5, 5.41) is 16.4. The van der Waals surface area contributed by atoms with Gasteiger partial charge in [-0.15, -0.1) is 0 Å². The molecular weight excluding hydrogens is 324 g/mol. The van der Waals surface area contributed by atoms with E-state index in [1.165, 1.54) is 0 Å². The molecule has 7 heteroatoms. The standard InChI is InChI=1S/C17H17ClN6/c1-2-3-9-24-14-7-6-11(10-12(14)16(18)23-24)20-17-15-13(21-22-17)5-4-8-19-15/h4-8,10H,2-3,9H2,1H3,(H2,20,21,22). The summed E-state index contributed by atoms with van der Waals surface area (Å²) in [6.07, 6.45) is 3.96. The van der Waals surface area contributed by atoms with E-state index in [4.69, 9.17) is 11.6 Å². The summed E-state index contributed by atoms with van der Waals surface area (Å²) in [4.78, 5) is 4.36. The number of benzene rings is 1. The molecule has 0 aliphatic rings. The zero-order valence-electron chi connectivity index (χ0n) is 13.3. The van der Waals surface area contributed by atoms with Crippen LogP contribution in [0.1, 0.15) is 19.8 Å². The first-order valence-corrected chi connectivity index (χ1v) is 8.36. The van der Waals surface area contributed by atoms with Gasteiger partial charge >= 0.3 is 0 Å². The Balaban J connectivity index is 1.69. The number of halogens is 1. The molecule has 2 N–H and O–H groups in total. The molecule has 0 spiro atoms. The molecule has 0 saturated heterocycles. The lowest BCUT2D eigenvalue weighted by Crippen LogP contribution is -1.99. The molecule has 4 rings (SSSR count). The van der Waals surface area contributed by atoms with Crippen molar-refractivity contribution in [3.05, 3.63) is 41.7 Å². The summed E-state index contributed by atoms with van der Waals surface area (Å²) >= 11 is 6.31. The molecule has 0 aliphatic carbocycles. The molecule has 3 heterocycles. The molecule has 4 aromatic rings. The van der Waals surface area contributed by atoms with Gasteiger partial charge in [0.15, 0.2) is 11.0 Å². The van der Waals surface area contributed by atoms with Crippen molar-refractivity contribution in [1.29, 1.82) is 0 Å².